The number of hydrogen-bond donors (Lipinski definition) is 3. The van der Waals surface area contributed by atoms with Crippen molar-refractivity contribution in [2.75, 3.05) is 26.2 Å². The van der Waals surface area contributed by atoms with Crippen LogP contribution < -0.4 is 0 Å². The minimum Gasteiger partial charge on any atom is -0.457 e. The lowest BCUT2D eigenvalue weighted by atomic mass is 9.88. The molecule has 2 amide bonds. The Morgan fingerprint density at radius 2 is 1.80 bits per heavy atom. The van der Waals surface area contributed by atoms with E-state index in [4.69, 9.17) is 14.2 Å². The van der Waals surface area contributed by atoms with Gasteiger partial charge in [0.05, 0.1) is 30.8 Å². The van der Waals surface area contributed by atoms with Crippen molar-refractivity contribution in [3.05, 3.63) is 36.0 Å². The molecule has 0 saturated carbocycles. The molecule has 0 aromatic rings. The molecule has 0 aromatic heterocycles. The lowest BCUT2D eigenvalue weighted by molar-refractivity contribution is -0.151. The third kappa shape index (κ3) is 10.9. The number of amides is 2. The average molecular weight is 649 g/mol. The van der Waals surface area contributed by atoms with Crippen LogP contribution in [0.5, 0.6) is 0 Å². The van der Waals surface area contributed by atoms with E-state index < -0.39 is 36.0 Å². The van der Waals surface area contributed by atoms with Crippen molar-refractivity contribution in [2.24, 2.45) is 17.8 Å². The van der Waals surface area contributed by atoms with E-state index in [1.54, 1.807) is 24.0 Å². The van der Waals surface area contributed by atoms with Gasteiger partial charge in [-0.2, -0.15) is 0 Å². The Bertz CT molecular complexity index is 1130. The quantitative estimate of drug-likeness (QED) is 0.147. The third-order valence-corrected chi connectivity index (χ3v) is 9.55. The maximum absolute atomic E-state index is 13.1. The highest BCUT2D eigenvalue weighted by molar-refractivity contribution is 5.74. The predicted molar refractivity (Wildman–Crippen MR) is 174 cm³/mol. The zero-order valence-corrected chi connectivity index (χ0v) is 28.6. The highest BCUT2D eigenvalue weighted by atomic mass is 16.6. The van der Waals surface area contributed by atoms with Gasteiger partial charge in [-0.3, -0.25) is 9.59 Å². The second kappa shape index (κ2) is 16.9. The summed E-state index contributed by atoms with van der Waals surface area (Å²) in [5.74, 6) is -0.580. The van der Waals surface area contributed by atoms with Crippen molar-refractivity contribution in [1.29, 1.82) is 0 Å². The number of aliphatic hydroxyl groups is 3. The summed E-state index contributed by atoms with van der Waals surface area (Å²) < 4.78 is 17.5. The molecule has 3 rings (SSSR count). The highest BCUT2D eigenvalue weighted by Crippen LogP contribution is 2.36. The average Bonchev–Trinajstić information content (AvgIpc) is 3.77. The first-order valence-electron chi connectivity index (χ1n) is 16.8. The molecule has 3 aliphatic heterocycles. The molecule has 0 spiro atoms. The zero-order valence-electron chi connectivity index (χ0n) is 28.6. The van der Waals surface area contributed by atoms with Crippen LogP contribution in [0.4, 0.5) is 4.79 Å². The van der Waals surface area contributed by atoms with Gasteiger partial charge in [0.2, 0.25) is 5.91 Å². The molecular weight excluding hydrogens is 592 g/mol. The summed E-state index contributed by atoms with van der Waals surface area (Å²) in [5, 5.41) is 32.1. The second-order valence-corrected chi connectivity index (χ2v) is 13.7. The minimum absolute atomic E-state index is 0.0460. The molecule has 0 aliphatic carbocycles. The van der Waals surface area contributed by atoms with E-state index in [1.807, 2.05) is 39.8 Å². The Morgan fingerprint density at radius 3 is 2.43 bits per heavy atom. The molecule has 11 heteroatoms. The van der Waals surface area contributed by atoms with Crippen molar-refractivity contribution in [2.45, 2.75) is 123 Å². The molecule has 3 heterocycles. The number of hydrogen-bond acceptors (Lipinski definition) is 9. The first kappa shape index (κ1) is 37.7. The van der Waals surface area contributed by atoms with E-state index in [1.165, 1.54) is 11.8 Å². The second-order valence-electron chi connectivity index (χ2n) is 13.7. The van der Waals surface area contributed by atoms with E-state index >= 15 is 0 Å². The summed E-state index contributed by atoms with van der Waals surface area (Å²) in [6.45, 7) is 14.4. The zero-order chi connectivity index (χ0) is 34.2. The number of epoxide rings is 1. The molecule has 10 unspecified atom stereocenters. The molecule has 0 radical (unpaired) electrons. The number of allylic oxidation sites excluding steroid dienone is 3. The van der Waals surface area contributed by atoms with Crippen LogP contribution >= 0.6 is 0 Å². The lowest BCUT2D eigenvalue weighted by Gasteiger charge is -2.37. The number of carbonyl (C=O) groups excluding carboxylic acids is 3. The molecule has 0 aromatic carbocycles. The van der Waals surface area contributed by atoms with E-state index in [-0.39, 0.29) is 61.2 Å². The topological polar surface area (TPSA) is 149 Å². The molecular formula is C35H56N2O9. The van der Waals surface area contributed by atoms with Gasteiger partial charge in [0.15, 0.2) is 6.10 Å². The molecule has 3 N–H and O–H groups in total. The fraction of sp³-hybridized carbons (Fsp3) is 0.743. The maximum atomic E-state index is 13.1. The number of aliphatic hydroxyl groups excluding tert-OH is 2. The standard InChI is InChI=1S/C35H56N2O9/c1-8-28(40)25(5)33-29(44-33)20-22(2)10-9-11-23(3)32-24(4)12-13-30(35(7,43)15-14-27(39)21-31(41)46-32)45-34(42)37-18-16-36(17-19-37)26(6)38/h9-13,22,24-25,27-30,32-33,39-40,43H,8,14-21H2,1-7H3/b10-9+,13-12+,23-11+. The summed E-state index contributed by atoms with van der Waals surface area (Å²) in [6.07, 6.45) is 7.45. The largest absolute Gasteiger partial charge is 0.457 e. The number of piperazine rings is 1. The summed E-state index contributed by atoms with van der Waals surface area (Å²) in [6, 6.07) is 0. The van der Waals surface area contributed by atoms with Crippen LogP contribution in [-0.2, 0) is 23.8 Å². The van der Waals surface area contributed by atoms with Gasteiger partial charge in [-0.25, -0.2) is 4.79 Å². The monoisotopic (exact) mass is 648 g/mol. The molecule has 2 fully saturated rings. The van der Waals surface area contributed by atoms with E-state index in [9.17, 15) is 29.7 Å². The van der Waals surface area contributed by atoms with Gasteiger partial charge in [-0.1, -0.05) is 52.0 Å². The van der Waals surface area contributed by atoms with Crippen LogP contribution in [0.2, 0.25) is 0 Å². The van der Waals surface area contributed by atoms with Crippen LogP contribution in [-0.4, -0.2) is 111 Å². The van der Waals surface area contributed by atoms with E-state index in [0.29, 0.717) is 32.6 Å². The lowest BCUT2D eigenvalue weighted by Crippen LogP contribution is -2.52. The number of nitrogens with zero attached hydrogens (tertiary/aromatic N) is 2. The summed E-state index contributed by atoms with van der Waals surface area (Å²) in [4.78, 5) is 40.8. The van der Waals surface area contributed by atoms with Crippen LogP contribution in [0.3, 0.4) is 0 Å². The van der Waals surface area contributed by atoms with Gasteiger partial charge >= 0.3 is 12.1 Å². The van der Waals surface area contributed by atoms with Crippen molar-refractivity contribution < 1.29 is 43.9 Å². The first-order valence-corrected chi connectivity index (χ1v) is 16.8. The van der Waals surface area contributed by atoms with Crippen LogP contribution in [0.15, 0.2) is 36.0 Å². The molecule has 260 valence electrons. The number of ether oxygens (including phenoxy) is 3. The van der Waals surface area contributed by atoms with Crippen molar-refractivity contribution in [1.82, 2.24) is 9.80 Å². The SMILES string of the molecule is CCC(O)C(C)C1OC1CC(C)/C=C/C=C(\C)C1OC(=O)CC(O)CCC(C)(O)C(OC(=O)N2CCN(C(C)=O)CC2)/C=C/C1C. The minimum atomic E-state index is -1.51. The molecule has 0 bridgehead atoms. The van der Waals surface area contributed by atoms with Crippen LogP contribution in [0, 0.1) is 17.8 Å². The summed E-state index contributed by atoms with van der Waals surface area (Å²) >= 11 is 0. The highest BCUT2D eigenvalue weighted by Gasteiger charge is 2.45. The Morgan fingerprint density at radius 1 is 1.15 bits per heavy atom. The Labute approximate surface area is 274 Å². The number of carbonyl (C=O) groups is 3. The van der Waals surface area contributed by atoms with Gasteiger partial charge in [0, 0.05) is 44.9 Å². The molecule has 46 heavy (non-hydrogen) atoms. The Hall–Kier alpha value is -2.73. The van der Waals surface area contributed by atoms with Gasteiger partial charge in [0.25, 0.3) is 0 Å². The van der Waals surface area contributed by atoms with Gasteiger partial charge in [-0.05, 0) is 57.1 Å². The van der Waals surface area contributed by atoms with E-state index in [0.717, 1.165) is 12.0 Å². The third-order valence-electron chi connectivity index (χ3n) is 9.55. The molecule has 10 atom stereocenters. The fourth-order valence-electron chi connectivity index (χ4n) is 6.17. The Kier molecular flexibility index (Phi) is 13.9. The molecule has 2 saturated heterocycles. The number of cyclic esters (lactones) is 1. The fourth-order valence-corrected chi connectivity index (χ4v) is 6.17. The van der Waals surface area contributed by atoms with Crippen molar-refractivity contribution in [3.8, 4) is 0 Å². The van der Waals surface area contributed by atoms with Crippen LogP contribution in [0.25, 0.3) is 0 Å². The van der Waals surface area contributed by atoms with E-state index in [2.05, 4.69) is 13.0 Å². The summed E-state index contributed by atoms with van der Waals surface area (Å²) in [7, 11) is 0. The Balaban J connectivity index is 1.71. The smallest absolute Gasteiger partial charge is 0.410 e. The van der Waals surface area contributed by atoms with Crippen LogP contribution in [0.1, 0.15) is 80.6 Å². The van der Waals surface area contributed by atoms with Gasteiger partial charge < -0.3 is 39.3 Å². The summed E-state index contributed by atoms with van der Waals surface area (Å²) in [5.41, 5.74) is -0.711. The molecule has 3 aliphatic rings. The molecule has 11 nitrogen and oxygen atoms in total. The van der Waals surface area contributed by atoms with Crippen molar-refractivity contribution >= 4 is 18.0 Å². The normalized spacial score (nSPS) is 34.1. The predicted octanol–water partition coefficient (Wildman–Crippen LogP) is 3.76. The van der Waals surface area contributed by atoms with Gasteiger partial charge in [0.1, 0.15) is 11.7 Å². The number of esters is 1. The first-order chi connectivity index (χ1) is 21.6. The number of rotatable bonds is 9. The van der Waals surface area contributed by atoms with Gasteiger partial charge in [-0.15, -0.1) is 0 Å². The maximum Gasteiger partial charge on any atom is 0.410 e. The van der Waals surface area contributed by atoms with Crippen molar-refractivity contribution in [3.63, 3.8) is 0 Å².